The molecule has 0 unspecified atom stereocenters. The lowest BCUT2D eigenvalue weighted by Gasteiger charge is -2.31. The molecule has 0 aliphatic carbocycles. The number of halogens is 2. The molecule has 0 bridgehead atoms. The summed E-state index contributed by atoms with van der Waals surface area (Å²) in [7, 11) is 0. The standard InChI is InChI=1S/C34H32Br2N2O4/c35-27-15-11-25(12-16-27)23-34(33(40)37-20-19-24-7-2-1-3-8-24)31(29-9-4-5-10-30(29)36)42-32(38-34)26-13-17-28(18-14-26)41-22-6-21-39/h1-5,7-18,31,39H,6,19-23H2,(H,37,40)/t31-,34-/m1/s1. The van der Waals surface area contributed by atoms with Gasteiger partial charge in [0.05, 0.1) is 6.61 Å². The predicted octanol–water partition coefficient (Wildman–Crippen LogP) is 6.83. The summed E-state index contributed by atoms with van der Waals surface area (Å²) in [5, 5.41) is 12.2. The molecule has 1 heterocycles. The molecule has 0 fully saturated rings. The molecular formula is C34H32Br2N2O4. The number of aliphatic hydroxyl groups is 1. The van der Waals surface area contributed by atoms with Crippen LogP contribution < -0.4 is 10.1 Å². The first kappa shape index (κ1) is 30.0. The molecule has 0 saturated heterocycles. The van der Waals surface area contributed by atoms with Crippen molar-refractivity contribution in [2.45, 2.75) is 30.9 Å². The number of aliphatic imine (C=N–C) groups is 1. The van der Waals surface area contributed by atoms with E-state index in [9.17, 15) is 4.79 Å². The van der Waals surface area contributed by atoms with Crippen LogP contribution in [0.2, 0.25) is 0 Å². The van der Waals surface area contributed by atoms with E-state index in [4.69, 9.17) is 19.6 Å². The summed E-state index contributed by atoms with van der Waals surface area (Å²) in [6, 6.07) is 33.3. The van der Waals surface area contributed by atoms with E-state index >= 15 is 0 Å². The largest absolute Gasteiger partial charge is 0.494 e. The Morgan fingerprint density at radius 3 is 2.33 bits per heavy atom. The lowest BCUT2D eigenvalue weighted by Crippen LogP contribution is -2.50. The van der Waals surface area contributed by atoms with E-state index in [2.05, 4.69) is 49.3 Å². The Balaban J connectivity index is 1.52. The topological polar surface area (TPSA) is 80.2 Å². The highest BCUT2D eigenvalue weighted by Gasteiger charge is 2.53. The molecule has 0 saturated carbocycles. The van der Waals surface area contributed by atoms with Crippen LogP contribution in [0.15, 0.2) is 117 Å². The first-order chi connectivity index (χ1) is 20.5. The van der Waals surface area contributed by atoms with E-state index in [1.807, 2.05) is 91.0 Å². The van der Waals surface area contributed by atoms with Crippen LogP contribution in [0.4, 0.5) is 0 Å². The lowest BCUT2D eigenvalue weighted by atomic mass is 9.82. The van der Waals surface area contributed by atoms with Crippen molar-refractivity contribution in [3.8, 4) is 5.75 Å². The Bertz CT molecular complexity index is 1510. The lowest BCUT2D eigenvalue weighted by molar-refractivity contribution is -0.128. The molecule has 0 radical (unpaired) electrons. The van der Waals surface area contributed by atoms with Crippen molar-refractivity contribution in [2.75, 3.05) is 19.8 Å². The van der Waals surface area contributed by atoms with Crippen molar-refractivity contribution < 1.29 is 19.4 Å². The summed E-state index contributed by atoms with van der Waals surface area (Å²) < 4.78 is 14.1. The number of ether oxygens (including phenoxy) is 2. The Labute approximate surface area is 263 Å². The van der Waals surface area contributed by atoms with Gasteiger partial charge in [-0.25, -0.2) is 4.99 Å². The zero-order chi connectivity index (χ0) is 29.4. The van der Waals surface area contributed by atoms with Gasteiger partial charge in [0.25, 0.3) is 5.91 Å². The molecule has 1 amide bonds. The molecule has 0 spiro atoms. The summed E-state index contributed by atoms with van der Waals surface area (Å²) in [4.78, 5) is 19.5. The van der Waals surface area contributed by atoms with Crippen molar-refractivity contribution in [1.29, 1.82) is 0 Å². The minimum absolute atomic E-state index is 0.0764. The van der Waals surface area contributed by atoms with E-state index in [0.717, 1.165) is 31.2 Å². The molecule has 2 N–H and O–H groups in total. The summed E-state index contributed by atoms with van der Waals surface area (Å²) in [5.74, 6) is 0.891. The molecule has 216 valence electrons. The third-order valence-corrected chi connectivity index (χ3v) is 8.40. The smallest absolute Gasteiger partial charge is 0.252 e. The van der Waals surface area contributed by atoms with Crippen molar-refractivity contribution in [2.24, 2.45) is 4.99 Å². The average Bonchev–Trinajstić information content (AvgIpc) is 3.39. The predicted molar refractivity (Wildman–Crippen MR) is 172 cm³/mol. The fraction of sp³-hybridized carbons (Fsp3) is 0.235. The molecule has 6 nitrogen and oxygen atoms in total. The summed E-state index contributed by atoms with van der Waals surface area (Å²) in [6.45, 7) is 0.974. The summed E-state index contributed by atoms with van der Waals surface area (Å²) in [6.07, 6.45) is 0.929. The van der Waals surface area contributed by atoms with Crippen LogP contribution in [0.1, 0.15) is 34.8 Å². The molecule has 1 aliphatic rings. The Kier molecular flexibility index (Phi) is 10.1. The van der Waals surface area contributed by atoms with Crippen LogP contribution in [-0.4, -0.2) is 42.2 Å². The second-order valence-electron chi connectivity index (χ2n) is 10.1. The van der Waals surface area contributed by atoms with Gasteiger partial charge in [0, 0.05) is 46.1 Å². The van der Waals surface area contributed by atoms with Gasteiger partial charge in [-0.1, -0.05) is 92.5 Å². The van der Waals surface area contributed by atoms with Crippen molar-refractivity contribution in [1.82, 2.24) is 5.32 Å². The molecule has 4 aromatic carbocycles. The van der Waals surface area contributed by atoms with Gasteiger partial charge in [-0.2, -0.15) is 0 Å². The zero-order valence-corrected chi connectivity index (χ0v) is 26.2. The number of rotatable bonds is 12. The fourth-order valence-corrected chi connectivity index (χ4v) is 5.74. The number of nitrogens with zero attached hydrogens (tertiary/aromatic N) is 1. The molecule has 2 atom stereocenters. The zero-order valence-electron chi connectivity index (χ0n) is 23.0. The first-order valence-corrected chi connectivity index (χ1v) is 15.5. The van der Waals surface area contributed by atoms with E-state index in [1.165, 1.54) is 0 Å². The number of aliphatic hydroxyl groups excluding tert-OH is 1. The molecule has 0 aromatic heterocycles. The highest BCUT2D eigenvalue weighted by atomic mass is 79.9. The number of nitrogens with one attached hydrogen (secondary N) is 1. The fourth-order valence-electron chi connectivity index (χ4n) is 4.98. The Hall–Kier alpha value is -3.46. The molecule has 4 aromatic rings. The SMILES string of the molecule is O=C(NCCc1ccccc1)[C@]1(Cc2ccc(Br)cc2)N=C(c2ccc(OCCCO)cc2)O[C@@H]1c1ccccc1Br. The van der Waals surface area contributed by atoms with Crippen molar-refractivity contribution >= 4 is 43.7 Å². The number of amides is 1. The van der Waals surface area contributed by atoms with Gasteiger partial charge in [0.1, 0.15) is 5.75 Å². The van der Waals surface area contributed by atoms with E-state index in [0.29, 0.717) is 44.1 Å². The summed E-state index contributed by atoms with van der Waals surface area (Å²) in [5.41, 5.74) is 2.44. The third-order valence-electron chi connectivity index (χ3n) is 7.15. The second kappa shape index (κ2) is 14.1. The molecule has 8 heteroatoms. The van der Waals surface area contributed by atoms with Gasteiger partial charge in [-0.05, 0) is 60.0 Å². The molecular weight excluding hydrogens is 660 g/mol. The minimum Gasteiger partial charge on any atom is -0.494 e. The third kappa shape index (κ3) is 7.12. The van der Waals surface area contributed by atoms with E-state index in [-0.39, 0.29) is 12.5 Å². The van der Waals surface area contributed by atoms with Crippen molar-refractivity contribution in [3.05, 3.63) is 134 Å². The normalized spacial score (nSPS) is 17.8. The number of hydrogen-bond donors (Lipinski definition) is 2. The second-order valence-corrected chi connectivity index (χ2v) is 11.9. The van der Waals surface area contributed by atoms with E-state index in [1.54, 1.807) is 0 Å². The number of hydrogen-bond acceptors (Lipinski definition) is 5. The average molecular weight is 692 g/mol. The molecule has 5 rings (SSSR count). The van der Waals surface area contributed by atoms with Crippen LogP contribution in [0.5, 0.6) is 5.75 Å². The summed E-state index contributed by atoms with van der Waals surface area (Å²) >= 11 is 7.22. The number of carbonyl (C=O) groups excluding carboxylic acids is 1. The van der Waals surface area contributed by atoms with Gasteiger partial charge in [-0.15, -0.1) is 0 Å². The molecule has 1 aliphatic heterocycles. The maximum atomic E-state index is 14.3. The van der Waals surface area contributed by atoms with E-state index < -0.39 is 11.6 Å². The van der Waals surface area contributed by atoms with Gasteiger partial charge in [-0.3, -0.25) is 4.79 Å². The minimum atomic E-state index is -1.26. The van der Waals surface area contributed by atoms with Gasteiger partial charge in [0.15, 0.2) is 11.6 Å². The van der Waals surface area contributed by atoms with Gasteiger partial charge >= 0.3 is 0 Å². The number of carbonyl (C=O) groups is 1. The van der Waals surface area contributed by atoms with Crippen LogP contribution in [0, 0.1) is 0 Å². The quantitative estimate of drug-likeness (QED) is 0.160. The highest BCUT2D eigenvalue weighted by Crippen LogP contribution is 2.44. The maximum absolute atomic E-state index is 14.3. The number of benzene rings is 4. The first-order valence-electron chi connectivity index (χ1n) is 13.9. The van der Waals surface area contributed by atoms with Crippen LogP contribution >= 0.6 is 31.9 Å². The van der Waals surface area contributed by atoms with Gasteiger partial charge in [0.2, 0.25) is 5.90 Å². The van der Waals surface area contributed by atoms with Gasteiger partial charge < -0.3 is 19.9 Å². The maximum Gasteiger partial charge on any atom is 0.252 e. The monoisotopic (exact) mass is 690 g/mol. The molecule has 42 heavy (non-hydrogen) atoms. The Morgan fingerprint density at radius 2 is 1.62 bits per heavy atom. The Morgan fingerprint density at radius 1 is 0.905 bits per heavy atom. The van der Waals surface area contributed by atoms with Crippen LogP contribution in [0.25, 0.3) is 0 Å². The van der Waals surface area contributed by atoms with Crippen LogP contribution in [-0.2, 0) is 22.4 Å². The highest BCUT2D eigenvalue weighted by molar-refractivity contribution is 9.10. The van der Waals surface area contributed by atoms with Crippen molar-refractivity contribution in [3.63, 3.8) is 0 Å². The van der Waals surface area contributed by atoms with Crippen LogP contribution in [0.3, 0.4) is 0 Å².